The molecule has 0 bridgehead atoms. The molecular weight excluding hydrogens is 285 g/mol. The standard InChI is InChI=1S/C16H10FN3S/c17-14-15(11-5-2-1-3-6-11)19-20-12(8-9-18-16(14)20)13-7-4-10-21-13/h1-10H. The number of hydrogen-bond donors (Lipinski definition) is 0. The van der Waals surface area contributed by atoms with Crippen molar-refractivity contribution in [3.8, 4) is 21.8 Å². The molecule has 3 nitrogen and oxygen atoms in total. The number of hydrogen-bond acceptors (Lipinski definition) is 3. The van der Waals surface area contributed by atoms with Gasteiger partial charge in [0, 0.05) is 11.8 Å². The molecule has 0 amide bonds. The number of fused-ring (bicyclic) bond motifs is 1. The third-order valence-electron chi connectivity index (χ3n) is 3.28. The molecule has 0 saturated heterocycles. The van der Waals surface area contributed by atoms with Gasteiger partial charge in [0.05, 0.1) is 10.6 Å². The fraction of sp³-hybridized carbons (Fsp3) is 0. The average Bonchev–Trinajstić information content (AvgIpc) is 3.17. The minimum Gasteiger partial charge on any atom is -0.234 e. The Balaban J connectivity index is 2.01. The van der Waals surface area contributed by atoms with Crippen LogP contribution in [-0.4, -0.2) is 14.6 Å². The van der Waals surface area contributed by atoms with Gasteiger partial charge in [-0.3, -0.25) is 0 Å². The van der Waals surface area contributed by atoms with Crippen LogP contribution in [0.3, 0.4) is 0 Å². The van der Waals surface area contributed by atoms with Crippen LogP contribution in [0, 0.1) is 5.82 Å². The van der Waals surface area contributed by atoms with Gasteiger partial charge in [0.1, 0.15) is 5.69 Å². The quantitative estimate of drug-likeness (QED) is 0.553. The Labute approximate surface area is 124 Å². The van der Waals surface area contributed by atoms with Crippen LogP contribution >= 0.6 is 11.3 Å². The predicted molar refractivity (Wildman–Crippen MR) is 81.7 cm³/mol. The van der Waals surface area contributed by atoms with Crippen molar-refractivity contribution in [1.82, 2.24) is 14.6 Å². The monoisotopic (exact) mass is 295 g/mol. The molecule has 102 valence electrons. The third-order valence-corrected chi connectivity index (χ3v) is 4.18. The molecule has 0 radical (unpaired) electrons. The maximum Gasteiger partial charge on any atom is 0.195 e. The Bertz CT molecular complexity index is 898. The molecule has 0 aliphatic rings. The molecule has 0 atom stereocenters. The van der Waals surface area contributed by atoms with Crippen LogP contribution in [0.2, 0.25) is 0 Å². The minimum atomic E-state index is -0.389. The van der Waals surface area contributed by atoms with Crippen molar-refractivity contribution in [2.75, 3.05) is 0 Å². The molecule has 21 heavy (non-hydrogen) atoms. The maximum absolute atomic E-state index is 14.6. The first-order valence-electron chi connectivity index (χ1n) is 6.47. The average molecular weight is 295 g/mol. The third kappa shape index (κ3) is 1.94. The SMILES string of the molecule is Fc1c(-c2ccccc2)nn2c(-c3cccs3)ccnc12. The highest BCUT2D eigenvalue weighted by atomic mass is 32.1. The summed E-state index contributed by atoms with van der Waals surface area (Å²) in [7, 11) is 0. The lowest BCUT2D eigenvalue weighted by Gasteiger charge is -2.00. The smallest absolute Gasteiger partial charge is 0.195 e. The van der Waals surface area contributed by atoms with Crippen molar-refractivity contribution < 1.29 is 4.39 Å². The number of halogens is 1. The first kappa shape index (κ1) is 12.2. The summed E-state index contributed by atoms with van der Waals surface area (Å²) in [5, 5.41) is 6.41. The Kier molecular flexibility index (Phi) is 2.79. The highest BCUT2D eigenvalue weighted by Gasteiger charge is 2.17. The lowest BCUT2D eigenvalue weighted by molar-refractivity contribution is 0.639. The van der Waals surface area contributed by atoms with Crippen LogP contribution in [0.5, 0.6) is 0 Å². The molecule has 1 aromatic carbocycles. The molecule has 5 heteroatoms. The Morgan fingerprint density at radius 3 is 2.62 bits per heavy atom. The summed E-state index contributed by atoms with van der Waals surface area (Å²) in [6, 6.07) is 15.1. The summed E-state index contributed by atoms with van der Waals surface area (Å²) in [5.41, 5.74) is 2.17. The Hall–Kier alpha value is -2.53. The zero-order chi connectivity index (χ0) is 14.2. The highest BCUT2D eigenvalue weighted by Crippen LogP contribution is 2.29. The van der Waals surface area contributed by atoms with Crippen LogP contribution in [0.4, 0.5) is 4.39 Å². The topological polar surface area (TPSA) is 30.2 Å². The largest absolute Gasteiger partial charge is 0.234 e. The van der Waals surface area contributed by atoms with Gasteiger partial charge in [0.15, 0.2) is 11.5 Å². The van der Waals surface area contributed by atoms with E-state index in [9.17, 15) is 4.39 Å². The molecule has 4 aromatic rings. The van der Waals surface area contributed by atoms with E-state index in [-0.39, 0.29) is 11.5 Å². The molecule has 0 N–H and O–H groups in total. The van der Waals surface area contributed by atoms with E-state index in [0.29, 0.717) is 5.69 Å². The predicted octanol–water partition coefficient (Wildman–Crippen LogP) is 4.26. The number of aromatic nitrogens is 3. The van der Waals surface area contributed by atoms with Gasteiger partial charge in [-0.1, -0.05) is 36.4 Å². The van der Waals surface area contributed by atoms with Gasteiger partial charge in [-0.05, 0) is 17.5 Å². The summed E-state index contributed by atoms with van der Waals surface area (Å²) in [5.74, 6) is -0.389. The summed E-state index contributed by atoms with van der Waals surface area (Å²) in [6.07, 6.45) is 1.62. The molecule has 0 spiro atoms. The summed E-state index contributed by atoms with van der Waals surface area (Å²) >= 11 is 1.59. The van der Waals surface area contributed by atoms with Crippen molar-refractivity contribution >= 4 is 17.0 Å². The number of benzene rings is 1. The second-order valence-corrected chi connectivity index (χ2v) is 5.52. The van der Waals surface area contributed by atoms with Gasteiger partial charge in [0.25, 0.3) is 0 Å². The van der Waals surface area contributed by atoms with Gasteiger partial charge in [-0.25, -0.2) is 13.9 Å². The molecule has 0 saturated carbocycles. The van der Waals surface area contributed by atoms with Crippen molar-refractivity contribution in [1.29, 1.82) is 0 Å². The fourth-order valence-corrected chi connectivity index (χ4v) is 3.05. The van der Waals surface area contributed by atoms with Crippen LogP contribution in [0.15, 0.2) is 60.1 Å². The van der Waals surface area contributed by atoms with Gasteiger partial charge in [0.2, 0.25) is 0 Å². The number of thiophene rings is 1. The van der Waals surface area contributed by atoms with Gasteiger partial charge < -0.3 is 0 Å². The van der Waals surface area contributed by atoms with E-state index in [1.165, 1.54) is 0 Å². The minimum absolute atomic E-state index is 0.250. The van der Waals surface area contributed by atoms with Crippen LogP contribution in [0.1, 0.15) is 0 Å². The van der Waals surface area contributed by atoms with Crippen LogP contribution in [-0.2, 0) is 0 Å². The summed E-state index contributed by atoms with van der Waals surface area (Å²) < 4.78 is 16.2. The zero-order valence-electron chi connectivity index (χ0n) is 10.9. The van der Waals surface area contributed by atoms with E-state index < -0.39 is 0 Å². The van der Waals surface area contributed by atoms with E-state index in [1.807, 2.05) is 53.9 Å². The molecular formula is C16H10FN3S. The second-order valence-electron chi connectivity index (χ2n) is 4.57. The van der Waals surface area contributed by atoms with Gasteiger partial charge >= 0.3 is 0 Å². The van der Waals surface area contributed by atoms with E-state index in [0.717, 1.165) is 16.1 Å². The number of nitrogens with zero attached hydrogens (tertiary/aromatic N) is 3. The second kappa shape index (κ2) is 4.79. The maximum atomic E-state index is 14.6. The summed E-state index contributed by atoms with van der Waals surface area (Å²) in [4.78, 5) is 5.16. The normalized spacial score (nSPS) is 11.1. The molecule has 3 aromatic heterocycles. The molecule has 3 heterocycles. The van der Waals surface area contributed by atoms with Crippen LogP contribution < -0.4 is 0 Å². The molecule has 0 unspecified atom stereocenters. The summed E-state index contributed by atoms with van der Waals surface area (Å²) in [6.45, 7) is 0. The van der Waals surface area contributed by atoms with Gasteiger partial charge in [-0.2, -0.15) is 5.10 Å². The molecule has 0 aliphatic carbocycles. The van der Waals surface area contributed by atoms with E-state index >= 15 is 0 Å². The number of rotatable bonds is 2. The molecule has 4 rings (SSSR count). The van der Waals surface area contributed by atoms with Crippen molar-refractivity contribution in [3.63, 3.8) is 0 Å². The van der Waals surface area contributed by atoms with Crippen molar-refractivity contribution in [2.24, 2.45) is 0 Å². The lowest BCUT2D eigenvalue weighted by atomic mass is 10.1. The first-order chi connectivity index (χ1) is 10.3. The molecule has 0 aliphatic heterocycles. The van der Waals surface area contributed by atoms with Gasteiger partial charge in [-0.15, -0.1) is 11.3 Å². The lowest BCUT2D eigenvalue weighted by Crippen LogP contribution is -1.94. The van der Waals surface area contributed by atoms with Crippen LogP contribution in [0.25, 0.3) is 27.5 Å². The highest BCUT2D eigenvalue weighted by molar-refractivity contribution is 7.13. The van der Waals surface area contributed by atoms with Crippen molar-refractivity contribution in [3.05, 3.63) is 65.9 Å². The fourth-order valence-electron chi connectivity index (χ4n) is 2.31. The van der Waals surface area contributed by atoms with Crippen molar-refractivity contribution in [2.45, 2.75) is 0 Å². The molecule has 0 fully saturated rings. The zero-order valence-corrected chi connectivity index (χ0v) is 11.7. The van der Waals surface area contributed by atoms with E-state index in [4.69, 9.17) is 0 Å². The Morgan fingerprint density at radius 1 is 1.00 bits per heavy atom. The first-order valence-corrected chi connectivity index (χ1v) is 7.35. The Morgan fingerprint density at radius 2 is 1.86 bits per heavy atom. The van der Waals surface area contributed by atoms with E-state index in [2.05, 4.69) is 10.1 Å². The van der Waals surface area contributed by atoms with E-state index in [1.54, 1.807) is 22.0 Å².